The van der Waals surface area contributed by atoms with E-state index in [1.807, 2.05) is 0 Å². The van der Waals surface area contributed by atoms with Gasteiger partial charge in [0.1, 0.15) is 11.6 Å². The van der Waals surface area contributed by atoms with Gasteiger partial charge < -0.3 is 5.32 Å². The Morgan fingerprint density at radius 2 is 2.00 bits per heavy atom. The fraction of sp³-hybridized carbons (Fsp3) is 0.231. The van der Waals surface area contributed by atoms with E-state index in [4.69, 9.17) is 0 Å². The first-order valence-electron chi connectivity index (χ1n) is 5.62. The number of rotatable bonds is 3. The second-order valence-electron chi connectivity index (χ2n) is 3.98. The number of anilines is 1. The molecule has 0 spiro atoms. The molecule has 2 rings (SSSR count). The van der Waals surface area contributed by atoms with E-state index in [1.54, 1.807) is 14.0 Å². The SMILES string of the molecule is CNc1nc(-c2ccc(F)c(C(F)F)c2)cnc1C. The topological polar surface area (TPSA) is 37.8 Å². The van der Waals surface area contributed by atoms with Crippen LogP contribution in [0.1, 0.15) is 17.7 Å². The molecule has 1 N–H and O–H groups in total. The fourth-order valence-electron chi connectivity index (χ4n) is 1.70. The van der Waals surface area contributed by atoms with Gasteiger partial charge in [-0.2, -0.15) is 0 Å². The molecule has 0 unspecified atom stereocenters. The Balaban J connectivity index is 2.50. The van der Waals surface area contributed by atoms with Crippen molar-refractivity contribution >= 4 is 5.82 Å². The van der Waals surface area contributed by atoms with E-state index in [0.29, 0.717) is 22.8 Å². The summed E-state index contributed by atoms with van der Waals surface area (Å²) in [5.74, 6) is -0.368. The summed E-state index contributed by atoms with van der Waals surface area (Å²) < 4.78 is 38.5. The van der Waals surface area contributed by atoms with Gasteiger partial charge in [0.2, 0.25) is 0 Å². The van der Waals surface area contributed by atoms with Gasteiger partial charge in [0.15, 0.2) is 0 Å². The molecule has 1 aromatic carbocycles. The van der Waals surface area contributed by atoms with Crippen molar-refractivity contribution in [1.82, 2.24) is 9.97 Å². The van der Waals surface area contributed by atoms with Crippen LogP contribution in [-0.4, -0.2) is 17.0 Å². The monoisotopic (exact) mass is 267 g/mol. The van der Waals surface area contributed by atoms with Crippen molar-refractivity contribution in [3.8, 4) is 11.3 Å². The lowest BCUT2D eigenvalue weighted by Crippen LogP contribution is -2.00. The van der Waals surface area contributed by atoms with Crippen LogP contribution in [0.15, 0.2) is 24.4 Å². The van der Waals surface area contributed by atoms with Crippen molar-refractivity contribution < 1.29 is 13.2 Å². The van der Waals surface area contributed by atoms with Gasteiger partial charge in [0, 0.05) is 12.6 Å². The second kappa shape index (κ2) is 5.26. The number of aryl methyl sites for hydroxylation is 1. The largest absolute Gasteiger partial charge is 0.372 e. The Bertz CT molecular complexity index is 600. The Labute approximate surface area is 108 Å². The number of alkyl halides is 2. The van der Waals surface area contributed by atoms with Gasteiger partial charge in [-0.15, -0.1) is 0 Å². The van der Waals surface area contributed by atoms with Crippen molar-refractivity contribution in [3.05, 3.63) is 41.5 Å². The van der Waals surface area contributed by atoms with Gasteiger partial charge in [0.25, 0.3) is 6.43 Å². The average Bonchev–Trinajstić information content (AvgIpc) is 2.39. The second-order valence-corrected chi connectivity index (χ2v) is 3.98. The first-order chi connectivity index (χ1) is 9.02. The molecule has 0 aliphatic carbocycles. The zero-order valence-corrected chi connectivity index (χ0v) is 10.4. The summed E-state index contributed by atoms with van der Waals surface area (Å²) in [6.07, 6.45) is -1.39. The molecule has 2 aromatic rings. The highest BCUT2D eigenvalue weighted by atomic mass is 19.3. The molecular weight excluding hydrogens is 255 g/mol. The molecule has 1 heterocycles. The van der Waals surface area contributed by atoms with Crippen LogP contribution in [0.4, 0.5) is 19.0 Å². The average molecular weight is 267 g/mol. The third-order valence-electron chi connectivity index (χ3n) is 2.72. The molecule has 0 aliphatic heterocycles. The quantitative estimate of drug-likeness (QED) is 0.923. The molecular formula is C13H12F3N3. The smallest absolute Gasteiger partial charge is 0.266 e. The molecule has 0 saturated carbocycles. The molecule has 1 aromatic heterocycles. The van der Waals surface area contributed by atoms with E-state index in [1.165, 1.54) is 12.3 Å². The van der Waals surface area contributed by atoms with Gasteiger partial charge in [-0.3, -0.25) is 4.98 Å². The van der Waals surface area contributed by atoms with Crippen molar-refractivity contribution in [3.63, 3.8) is 0 Å². The number of hydrogen-bond donors (Lipinski definition) is 1. The Kier molecular flexibility index (Phi) is 3.69. The molecule has 100 valence electrons. The van der Waals surface area contributed by atoms with Crippen LogP contribution in [0.2, 0.25) is 0 Å². The number of aromatic nitrogens is 2. The summed E-state index contributed by atoms with van der Waals surface area (Å²) in [6.45, 7) is 1.78. The highest BCUT2D eigenvalue weighted by molar-refractivity contribution is 5.61. The summed E-state index contributed by atoms with van der Waals surface area (Å²) in [4.78, 5) is 8.37. The minimum atomic E-state index is -2.86. The van der Waals surface area contributed by atoms with Crippen molar-refractivity contribution in [2.24, 2.45) is 0 Å². The van der Waals surface area contributed by atoms with Gasteiger partial charge in [-0.25, -0.2) is 18.2 Å². The number of nitrogens with one attached hydrogen (secondary N) is 1. The number of hydrogen-bond acceptors (Lipinski definition) is 3. The minimum absolute atomic E-state index is 0.403. The molecule has 0 aliphatic rings. The lowest BCUT2D eigenvalue weighted by Gasteiger charge is -2.08. The van der Waals surface area contributed by atoms with Crippen LogP contribution in [0.3, 0.4) is 0 Å². The molecule has 19 heavy (non-hydrogen) atoms. The number of halogens is 3. The maximum absolute atomic E-state index is 13.2. The van der Waals surface area contributed by atoms with Crippen LogP contribution in [0, 0.1) is 12.7 Å². The Morgan fingerprint density at radius 1 is 1.26 bits per heavy atom. The van der Waals surface area contributed by atoms with E-state index in [9.17, 15) is 13.2 Å². The zero-order chi connectivity index (χ0) is 14.0. The molecule has 0 bridgehead atoms. The predicted octanol–water partition coefficient (Wildman–Crippen LogP) is 3.57. The molecule has 0 fully saturated rings. The van der Waals surface area contributed by atoms with Crippen LogP contribution < -0.4 is 5.32 Å². The zero-order valence-electron chi connectivity index (χ0n) is 10.4. The van der Waals surface area contributed by atoms with Crippen LogP contribution in [0.25, 0.3) is 11.3 Å². The van der Waals surface area contributed by atoms with E-state index in [2.05, 4.69) is 15.3 Å². The summed E-state index contributed by atoms with van der Waals surface area (Å²) in [7, 11) is 1.69. The summed E-state index contributed by atoms with van der Waals surface area (Å²) in [6, 6.07) is 3.51. The Hall–Kier alpha value is -2.11. The van der Waals surface area contributed by atoms with E-state index >= 15 is 0 Å². The van der Waals surface area contributed by atoms with Crippen LogP contribution in [-0.2, 0) is 0 Å². The van der Waals surface area contributed by atoms with E-state index in [-0.39, 0.29) is 0 Å². The summed E-state index contributed by atoms with van der Waals surface area (Å²) in [5.41, 5.74) is 0.880. The molecule has 0 amide bonds. The van der Waals surface area contributed by atoms with Gasteiger partial charge in [-0.1, -0.05) is 0 Å². The number of benzene rings is 1. The molecule has 0 atom stereocenters. The van der Waals surface area contributed by atoms with Crippen molar-refractivity contribution in [1.29, 1.82) is 0 Å². The molecule has 6 heteroatoms. The van der Waals surface area contributed by atoms with Crippen LogP contribution >= 0.6 is 0 Å². The molecule has 0 saturated heterocycles. The Morgan fingerprint density at radius 3 is 2.63 bits per heavy atom. The highest BCUT2D eigenvalue weighted by Crippen LogP contribution is 2.27. The van der Waals surface area contributed by atoms with Crippen molar-refractivity contribution in [2.45, 2.75) is 13.3 Å². The standard InChI is InChI=1S/C13H12F3N3/c1-7-13(17-2)19-11(6-18-7)8-3-4-10(14)9(5-8)12(15)16/h3-6,12H,1-2H3,(H,17,19). The lowest BCUT2D eigenvalue weighted by atomic mass is 10.1. The first kappa shape index (κ1) is 13.3. The number of nitrogens with zero attached hydrogens (tertiary/aromatic N) is 2. The summed E-state index contributed by atoms with van der Waals surface area (Å²) >= 11 is 0. The minimum Gasteiger partial charge on any atom is -0.372 e. The molecule has 0 radical (unpaired) electrons. The highest BCUT2D eigenvalue weighted by Gasteiger charge is 2.15. The van der Waals surface area contributed by atoms with E-state index in [0.717, 1.165) is 12.1 Å². The van der Waals surface area contributed by atoms with Crippen molar-refractivity contribution in [2.75, 3.05) is 12.4 Å². The van der Waals surface area contributed by atoms with Gasteiger partial charge in [0.05, 0.1) is 23.1 Å². The van der Waals surface area contributed by atoms with Gasteiger partial charge >= 0.3 is 0 Å². The third-order valence-corrected chi connectivity index (χ3v) is 2.72. The van der Waals surface area contributed by atoms with Crippen LogP contribution in [0.5, 0.6) is 0 Å². The first-order valence-corrected chi connectivity index (χ1v) is 5.62. The maximum Gasteiger partial charge on any atom is 0.266 e. The third kappa shape index (κ3) is 2.67. The normalized spacial score (nSPS) is 10.8. The fourth-order valence-corrected chi connectivity index (χ4v) is 1.70. The lowest BCUT2D eigenvalue weighted by molar-refractivity contribution is 0.146. The van der Waals surface area contributed by atoms with E-state index < -0.39 is 17.8 Å². The maximum atomic E-state index is 13.2. The molecule has 3 nitrogen and oxygen atoms in total. The van der Waals surface area contributed by atoms with Gasteiger partial charge in [-0.05, 0) is 25.1 Å². The summed E-state index contributed by atoms with van der Waals surface area (Å²) in [5, 5.41) is 2.86. The predicted molar refractivity (Wildman–Crippen MR) is 66.7 cm³/mol.